The number of carbonyl (C=O) groups excluding carboxylic acids is 1. The topological polar surface area (TPSA) is 75.7 Å². The average molecular weight is 430 g/mol. The molecule has 0 aliphatic carbocycles. The zero-order chi connectivity index (χ0) is 22.1. The van der Waals surface area contributed by atoms with Gasteiger partial charge in [0.2, 0.25) is 5.91 Å². The lowest BCUT2D eigenvalue weighted by molar-refractivity contribution is -0.125. The van der Waals surface area contributed by atoms with E-state index >= 15 is 0 Å². The number of furan rings is 1. The summed E-state index contributed by atoms with van der Waals surface area (Å²) in [7, 11) is 0. The molecule has 1 aliphatic heterocycles. The van der Waals surface area contributed by atoms with Crippen molar-refractivity contribution in [2.75, 3.05) is 18.0 Å². The van der Waals surface area contributed by atoms with Gasteiger partial charge in [-0.25, -0.2) is 9.50 Å². The molecule has 0 bridgehead atoms. The van der Waals surface area contributed by atoms with Crippen molar-refractivity contribution < 1.29 is 9.21 Å². The van der Waals surface area contributed by atoms with Crippen LogP contribution in [0.4, 0.5) is 5.82 Å². The number of nitrogens with zero attached hydrogens (tertiary/aromatic N) is 4. The number of aryl methyl sites for hydroxylation is 2. The van der Waals surface area contributed by atoms with E-state index in [0.29, 0.717) is 6.54 Å². The molecule has 1 fully saturated rings. The number of rotatable bonds is 5. The summed E-state index contributed by atoms with van der Waals surface area (Å²) < 4.78 is 7.20. The van der Waals surface area contributed by atoms with E-state index in [2.05, 4.69) is 53.3 Å². The van der Waals surface area contributed by atoms with Crippen LogP contribution in [0.1, 0.15) is 29.7 Å². The molecule has 1 N–H and O–H groups in total. The maximum absolute atomic E-state index is 12.6. The predicted molar refractivity (Wildman–Crippen MR) is 123 cm³/mol. The van der Waals surface area contributed by atoms with Crippen molar-refractivity contribution in [3.63, 3.8) is 0 Å². The highest BCUT2D eigenvalue weighted by Gasteiger charge is 2.27. The van der Waals surface area contributed by atoms with Crippen LogP contribution in [-0.2, 0) is 11.3 Å². The number of carbonyl (C=O) groups is 1. The van der Waals surface area contributed by atoms with Gasteiger partial charge in [-0.1, -0.05) is 23.8 Å². The molecule has 3 aromatic heterocycles. The SMILES string of the molecule is Cc1ccc(-c2cc3c(N4CCC(C(=O)NCc5ccco5)CC4)nccn3n2)c(C)c1. The molecule has 0 radical (unpaired) electrons. The molecule has 1 aromatic carbocycles. The lowest BCUT2D eigenvalue weighted by Crippen LogP contribution is -2.40. The Hall–Kier alpha value is -3.61. The largest absolute Gasteiger partial charge is 0.467 e. The number of benzene rings is 1. The Kier molecular flexibility index (Phi) is 5.39. The van der Waals surface area contributed by atoms with Gasteiger partial charge in [0.1, 0.15) is 11.3 Å². The molecular formula is C25H27N5O2. The van der Waals surface area contributed by atoms with Crippen LogP contribution in [0.15, 0.2) is 59.5 Å². The minimum atomic E-state index is 0.0108. The monoisotopic (exact) mass is 429 g/mol. The van der Waals surface area contributed by atoms with Crippen molar-refractivity contribution in [2.24, 2.45) is 5.92 Å². The Morgan fingerprint density at radius 2 is 2.03 bits per heavy atom. The molecule has 7 heteroatoms. The van der Waals surface area contributed by atoms with Crippen LogP contribution in [0.25, 0.3) is 16.8 Å². The first-order chi connectivity index (χ1) is 15.6. The van der Waals surface area contributed by atoms with Gasteiger partial charge in [-0.3, -0.25) is 4.79 Å². The maximum atomic E-state index is 12.6. The Balaban J connectivity index is 1.30. The number of piperidine rings is 1. The van der Waals surface area contributed by atoms with Gasteiger partial charge in [0.25, 0.3) is 0 Å². The number of hydrogen-bond donors (Lipinski definition) is 1. The Morgan fingerprint density at radius 1 is 1.19 bits per heavy atom. The first kappa shape index (κ1) is 20.3. The van der Waals surface area contributed by atoms with Crippen LogP contribution in [-0.4, -0.2) is 33.6 Å². The summed E-state index contributed by atoms with van der Waals surface area (Å²) in [5, 5.41) is 7.79. The fourth-order valence-electron chi connectivity index (χ4n) is 4.47. The van der Waals surface area contributed by atoms with E-state index in [9.17, 15) is 4.79 Å². The molecule has 164 valence electrons. The van der Waals surface area contributed by atoms with Crippen LogP contribution in [0.2, 0.25) is 0 Å². The smallest absolute Gasteiger partial charge is 0.223 e. The van der Waals surface area contributed by atoms with E-state index in [0.717, 1.165) is 54.3 Å². The van der Waals surface area contributed by atoms with E-state index in [4.69, 9.17) is 9.52 Å². The second kappa shape index (κ2) is 8.49. The highest BCUT2D eigenvalue weighted by Crippen LogP contribution is 2.29. The minimum Gasteiger partial charge on any atom is -0.467 e. The van der Waals surface area contributed by atoms with Crippen molar-refractivity contribution >= 4 is 17.2 Å². The predicted octanol–water partition coefficient (Wildman–Crippen LogP) is 4.14. The van der Waals surface area contributed by atoms with E-state index in [1.54, 1.807) is 12.5 Å². The zero-order valence-corrected chi connectivity index (χ0v) is 18.4. The maximum Gasteiger partial charge on any atom is 0.223 e. The number of nitrogens with one attached hydrogen (secondary N) is 1. The van der Waals surface area contributed by atoms with Gasteiger partial charge in [-0.15, -0.1) is 0 Å². The molecule has 0 saturated carbocycles. The lowest BCUT2D eigenvalue weighted by atomic mass is 9.96. The summed E-state index contributed by atoms with van der Waals surface area (Å²) in [6.07, 6.45) is 6.90. The van der Waals surface area contributed by atoms with Crippen LogP contribution < -0.4 is 10.2 Å². The van der Waals surface area contributed by atoms with Gasteiger partial charge in [0, 0.05) is 37.0 Å². The summed E-state index contributed by atoms with van der Waals surface area (Å²) in [6.45, 7) is 6.23. The summed E-state index contributed by atoms with van der Waals surface area (Å²) in [5.74, 6) is 1.79. The Labute approximate surface area is 187 Å². The number of fused-ring (bicyclic) bond motifs is 1. The van der Waals surface area contributed by atoms with Gasteiger partial charge in [-0.05, 0) is 50.5 Å². The summed E-state index contributed by atoms with van der Waals surface area (Å²) in [5.41, 5.74) is 5.53. The highest BCUT2D eigenvalue weighted by atomic mass is 16.3. The molecule has 0 spiro atoms. The number of anilines is 1. The third-order valence-corrected chi connectivity index (χ3v) is 6.21. The molecule has 4 heterocycles. The summed E-state index contributed by atoms with van der Waals surface area (Å²) in [6, 6.07) is 12.2. The highest BCUT2D eigenvalue weighted by molar-refractivity contribution is 5.80. The van der Waals surface area contributed by atoms with Crippen molar-refractivity contribution in [1.29, 1.82) is 0 Å². The Bertz CT molecular complexity index is 1240. The van der Waals surface area contributed by atoms with Crippen molar-refractivity contribution in [1.82, 2.24) is 19.9 Å². The molecule has 0 atom stereocenters. The van der Waals surface area contributed by atoms with Gasteiger partial charge in [-0.2, -0.15) is 5.10 Å². The Morgan fingerprint density at radius 3 is 2.78 bits per heavy atom. The third-order valence-electron chi connectivity index (χ3n) is 6.21. The second-order valence-corrected chi connectivity index (χ2v) is 8.49. The van der Waals surface area contributed by atoms with Crippen LogP contribution in [0.3, 0.4) is 0 Å². The molecule has 1 amide bonds. The van der Waals surface area contributed by atoms with Crippen LogP contribution in [0, 0.1) is 19.8 Å². The molecule has 1 saturated heterocycles. The second-order valence-electron chi connectivity index (χ2n) is 8.49. The van der Waals surface area contributed by atoms with Crippen LogP contribution in [0.5, 0.6) is 0 Å². The number of aromatic nitrogens is 3. The van der Waals surface area contributed by atoms with Crippen molar-refractivity contribution in [2.45, 2.75) is 33.2 Å². The molecule has 1 aliphatic rings. The van der Waals surface area contributed by atoms with Crippen LogP contribution >= 0.6 is 0 Å². The first-order valence-electron chi connectivity index (χ1n) is 11.1. The molecule has 32 heavy (non-hydrogen) atoms. The van der Waals surface area contributed by atoms with Gasteiger partial charge >= 0.3 is 0 Å². The molecule has 0 unspecified atom stereocenters. The standard InChI is InChI=1S/C25H27N5O2/c1-17-5-6-21(18(2)14-17)22-15-23-24(26-9-12-30(23)28-22)29-10-7-19(8-11-29)25(31)27-16-20-4-3-13-32-20/h3-6,9,12-15,19H,7-8,10-11,16H2,1-2H3,(H,27,31). The molecule has 7 nitrogen and oxygen atoms in total. The molecule has 5 rings (SSSR count). The van der Waals surface area contributed by atoms with Crippen molar-refractivity contribution in [3.8, 4) is 11.3 Å². The number of hydrogen-bond acceptors (Lipinski definition) is 5. The van der Waals surface area contributed by atoms with E-state index < -0.39 is 0 Å². The van der Waals surface area contributed by atoms with Gasteiger partial charge in [0.05, 0.1) is 18.5 Å². The van der Waals surface area contributed by atoms with E-state index in [1.165, 1.54) is 11.1 Å². The fourth-order valence-corrected chi connectivity index (χ4v) is 4.47. The van der Waals surface area contributed by atoms with E-state index in [-0.39, 0.29) is 11.8 Å². The molecule has 4 aromatic rings. The quantitative estimate of drug-likeness (QED) is 0.516. The third kappa shape index (κ3) is 3.98. The first-order valence-corrected chi connectivity index (χ1v) is 11.1. The number of amides is 1. The normalized spacial score (nSPS) is 14.8. The fraction of sp³-hybridized carbons (Fsp3) is 0.320. The van der Waals surface area contributed by atoms with E-state index in [1.807, 2.05) is 22.8 Å². The van der Waals surface area contributed by atoms with Gasteiger partial charge < -0.3 is 14.6 Å². The minimum absolute atomic E-state index is 0.0108. The van der Waals surface area contributed by atoms with Gasteiger partial charge in [0.15, 0.2) is 5.82 Å². The lowest BCUT2D eigenvalue weighted by Gasteiger charge is -2.32. The average Bonchev–Trinajstić information content (AvgIpc) is 3.47. The summed E-state index contributed by atoms with van der Waals surface area (Å²) >= 11 is 0. The zero-order valence-electron chi connectivity index (χ0n) is 18.4. The summed E-state index contributed by atoms with van der Waals surface area (Å²) in [4.78, 5) is 19.5. The molecular weight excluding hydrogens is 402 g/mol. The van der Waals surface area contributed by atoms with Crippen molar-refractivity contribution in [3.05, 3.63) is 71.9 Å².